The van der Waals surface area contributed by atoms with Gasteiger partial charge >= 0.3 is 0 Å². The maximum Gasteiger partial charge on any atom is 0.229 e. The van der Waals surface area contributed by atoms with Crippen LogP contribution in [0.5, 0.6) is 0 Å². The van der Waals surface area contributed by atoms with Gasteiger partial charge in [-0.2, -0.15) is 0 Å². The van der Waals surface area contributed by atoms with Crippen LogP contribution < -0.4 is 5.73 Å². The maximum atomic E-state index is 12.9. The first-order valence-corrected chi connectivity index (χ1v) is 7.70. The third-order valence-electron chi connectivity index (χ3n) is 4.95. The fourth-order valence-corrected chi connectivity index (χ4v) is 3.50. The lowest BCUT2D eigenvalue weighted by molar-refractivity contribution is -0.137. The average molecular weight is 309 g/mol. The fourth-order valence-electron chi connectivity index (χ4n) is 3.50. The van der Waals surface area contributed by atoms with Gasteiger partial charge < -0.3 is 10.6 Å². The molecule has 1 aliphatic carbocycles. The standard InChI is InChI=1S/C17H24N2O.ClH/c1-13-9-15(11-18)12-19(13)16(20)17(7-8-17)10-14-5-3-2-4-6-14;/h2-6,13,15H,7-12,18H2,1H3;1H. The zero-order valence-electron chi connectivity index (χ0n) is 12.6. The van der Waals surface area contributed by atoms with E-state index in [1.165, 1.54) is 5.56 Å². The van der Waals surface area contributed by atoms with Crippen molar-refractivity contribution in [2.45, 2.75) is 38.6 Å². The van der Waals surface area contributed by atoms with Crippen molar-refractivity contribution in [3.05, 3.63) is 35.9 Å². The molecular formula is C17H25ClN2O. The Morgan fingerprint density at radius 2 is 2.00 bits per heavy atom. The minimum absolute atomic E-state index is 0. The third-order valence-corrected chi connectivity index (χ3v) is 4.95. The van der Waals surface area contributed by atoms with E-state index in [4.69, 9.17) is 5.73 Å². The first kappa shape index (κ1) is 16.3. The van der Waals surface area contributed by atoms with Crippen molar-refractivity contribution in [1.82, 2.24) is 4.90 Å². The van der Waals surface area contributed by atoms with E-state index in [-0.39, 0.29) is 17.8 Å². The second kappa shape index (κ2) is 6.37. The Morgan fingerprint density at radius 3 is 2.52 bits per heavy atom. The molecule has 0 bridgehead atoms. The largest absolute Gasteiger partial charge is 0.339 e. The van der Waals surface area contributed by atoms with Crippen LogP contribution in [0, 0.1) is 11.3 Å². The first-order chi connectivity index (χ1) is 9.64. The Labute approximate surface area is 133 Å². The van der Waals surface area contributed by atoms with Gasteiger partial charge in [-0.1, -0.05) is 30.3 Å². The molecule has 1 aromatic rings. The van der Waals surface area contributed by atoms with Gasteiger partial charge in [0, 0.05) is 12.6 Å². The summed E-state index contributed by atoms with van der Waals surface area (Å²) in [7, 11) is 0. The van der Waals surface area contributed by atoms with Crippen molar-refractivity contribution in [2.24, 2.45) is 17.1 Å². The summed E-state index contributed by atoms with van der Waals surface area (Å²) in [5.41, 5.74) is 6.93. The fraction of sp³-hybridized carbons (Fsp3) is 0.588. The van der Waals surface area contributed by atoms with Crippen molar-refractivity contribution >= 4 is 18.3 Å². The van der Waals surface area contributed by atoms with E-state index in [1.54, 1.807) is 0 Å². The topological polar surface area (TPSA) is 46.3 Å². The molecule has 3 rings (SSSR count). The van der Waals surface area contributed by atoms with Gasteiger partial charge in [-0.05, 0) is 50.6 Å². The number of carbonyl (C=O) groups excluding carboxylic acids is 1. The smallest absolute Gasteiger partial charge is 0.229 e. The Bertz CT molecular complexity index is 487. The van der Waals surface area contributed by atoms with Gasteiger partial charge in [0.25, 0.3) is 0 Å². The molecule has 1 heterocycles. The van der Waals surface area contributed by atoms with E-state index in [1.807, 2.05) is 6.07 Å². The predicted molar refractivity (Wildman–Crippen MR) is 87.4 cm³/mol. The van der Waals surface area contributed by atoms with E-state index in [9.17, 15) is 4.79 Å². The van der Waals surface area contributed by atoms with Crippen LogP contribution >= 0.6 is 12.4 Å². The van der Waals surface area contributed by atoms with Crippen molar-refractivity contribution in [2.75, 3.05) is 13.1 Å². The minimum atomic E-state index is -0.112. The number of hydrogen-bond acceptors (Lipinski definition) is 2. The highest BCUT2D eigenvalue weighted by atomic mass is 35.5. The minimum Gasteiger partial charge on any atom is -0.339 e. The van der Waals surface area contributed by atoms with E-state index >= 15 is 0 Å². The molecule has 1 saturated carbocycles. The van der Waals surface area contributed by atoms with Gasteiger partial charge in [0.15, 0.2) is 0 Å². The van der Waals surface area contributed by atoms with Gasteiger partial charge in [-0.25, -0.2) is 0 Å². The molecule has 1 aromatic carbocycles. The maximum absolute atomic E-state index is 12.9. The molecule has 0 radical (unpaired) electrons. The van der Waals surface area contributed by atoms with E-state index in [0.717, 1.165) is 32.2 Å². The van der Waals surface area contributed by atoms with Gasteiger partial charge in [0.2, 0.25) is 5.91 Å². The summed E-state index contributed by atoms with van der Waals surface area (Å²) in [6.07, 6.45) is 4.03. The summed E-state index contributed by atoms with van der Waals surface area (Å²) in [5.74, 6) is 0.853. The van der Waals surface area contributed by atoms with E-state index in [0.29, 0.717) is 24.4 Å². The summed E-state index contributed by atoms with van der Waals surface area (Å²) in [4.78, 5) is 15.0. The van der Waals surface area contributed by atoms with Crippen molar-refractivity contribution < 1.29 is 4.79 Å². The second-order valence-electron chi connectivity index (χ2n) is 6.59. The number of rotatable bonds is 4. The van der Waals surface area contributed by atoms with Crippen molar-refractivity contribution in [3.63, 3.8) is 0 Å². The zero-order valence-corrected chi connectivity index (χ0v) is 13.4. The lowest BCUT2D eigenvalue weighted by Crippen LogP contribution is -2.40. The van der Waals surface area contributed by atoms with Crippen LogP contribution in [0.4, 0.5) is 0 Å². The highest BCUT2D eigenvalue weighted by Gasteiger charge is 2.53. The molecule has 116 valence electrons. The molecule has 2 atom stereocenters. The Hall–Kier alpha value is -1.06. The van der Waals surface area contributed by atoms with E-state index in [2.05, 4.69) is 36.1 Å². The Balaban J connectivity index is 0.00000161. The molecule has 1 aliphatic heterocycles. The van der Waals surface area contributed by atoms with Gasteiger partial charge in [-0.15, -0.1) is 12.4 Å². The molecule has 2 N–H and O–H groups in total. The molecule has 3 nitrogen and oxygen atoms in total. The van der Waals surface area contributed by atoms with Crippen molar-refractivity contribution in [3.8, 4) is 0 Å². The summed E-state index contributed by atoms with van der Waals surface area (Å²) >= 11 is 0. The molecule has 2 unspecified atom stereocenters. The normalized spacial score (nSPS) is 26.3. The summed E-state index contributed by atoms with van der Waals surface area (Å²) in [6, 6.07) is 10.7. The summed E-state index contributed by atoms with van der Waals surface area (Å²) in [6.45, 7) is 3.71. The zero-order chi connectivity index (χ0) is 14.2. The second-order valence-corrected chi connectivity index (χ2v) is 6.59. The Morgan fingerprint density at radius 1 is 1.33 bits per heavy atom. The van der Waals surface area contributed by atoms with Crippen LogP contribution in [-0.2, 0) is 11.2 Å². The first-order valence-electron chi connectivity index (χ1n) is 7.70. The summed E-state index contributed by atoms with van der Waals surface area (Å²) < 4.78 is 0. The average Bonchev–Trinajstić information content (AvgIpc) is 3.14. The van der Waals surface area contributed by atoms with Crippen LogP contribution in [0.1, 0.15) is 31.7 Å². The highest BCUT2D eigenvalue weighted by Crippen LogP contribution is 2.50. The number of halogens is 1. The number of nitrogens with two attached hydrogens (primary N) is 1. The van der Waals surface area contributed by atoms with Gasteiger partial charge in [0.1, 0.15) is 0 Å². The van der Waals surface area contributed by atoms with Crippen LogP contribution in [0.2, 0.25) is 0 Å². The number of hydrogen-bond donors (Lipinski definition) is 1. The SMILES string of the molecule is CC1CC(CN)CN1C(=O)C1(Cc2ccccc2)CC1.Cl. The predicted octanol–water partition coefficient (Wildman–Crippen LogP) is 2.63. The lowest BCUT2D eigenvalue weighted by atomic mass is 9.94. The molecule has 0 spiro atoms. The van der Waals surface area contributed by atoms with Crippen LogP contribution in [0.3, 0.4) is 0 Å². The quantitative estimate of drug-likeness (QED) is 0.929. The molecular weight excluding hydrogens is 284 g/mol. The Kier molecular flexibility index (Phi) is 4.95. The number of likely N-dealkylation sites (tertiary alicyclic amines) is 1. The molecule has 4 heteroatoms. The van der Waals surface area contributed by atoms with Gasteiger partial charge in [0.05, 0.1) is 5.41 Å². The number of nitrogens with zero attached hydrogens (tertiary/aromatic N) is 1. The molecule has 2 fully saturated rings. The van der Waals surface area contributed by atoms with Crippen LogP contribution in [-0.4, -0.2) is 29.9 Å². The third kappa shape index (κ3) is 3.24. The lowest BCUT2D eigenvalue weighted by Gasteiger charge is -2.27. The molecule has 0 aromatic heterocycles. The van der Waals surface area contributed by atoms with Crippen molar-refractivity contribution in [1.29, 1.82) is 0 Å². The number of amides is 1. The number of benzene rings is 1. The van der Waals surface area contributed by atoms with Crippen LogP contribution in [0.25, 0.3) is 0 Å². The van der Waals surface area contributed by atoms with E-state index < -0.39 is 0 Å². The number of carbonyl (C=O) groups is 1. The highest BCUT2D eigenvalue weighted by molar-refractivity contribution is 5.86. The molecule has 1 saturated heterocycles. The molecule has 2 aliphatic rings. The molecule has 21 heavy (non-hydrogen) atoms. The van der Waals surface area contributed by atoms with Gasteiger partial charge in [-0.3, -0.25) is 4.79 Å². The monoisotopic (exact) mass is 308 g/mol. The van der Waals surface area contributed by atoms with Crippen LogP contribution in [0.15, 0.2) is 30.3 Å². The molecule has 1 amide bonds. The summed E-state index contributed by atoms with van der Waals surface area (Å²) in [5, 5.41) is 0.